The number of aliphatic hydroxyl groups is 1. The monoisotopic (exact) mass is 315 g/mol. The Kier molecular flexibility index (Phi) is 4.33. The van der Waals surface area contributed by atoms with Gasteiger partial charge in [-0.2, -0.15) is 0 Å². The van der Waals surface area contributed by atoms with E-state index in [9.17, 15) is 5.11 Å². The van der Waals surface area contributed by atoms with Crippen LogP contribution in [0, 0.1) is 5.92 Å². The third-order valence-electron chi connectivity index (χ3n) is 6.17. The first-order chi connectivity index (χ1) is 11.3. The van der Waals surface area contributed by atoms with Crippen LogP contribution in [0.5, 0.6) is 5.75 Å². The average molecular weight is 315 g/mol. The van der Waals surface area contributed by atoms with Gasteiger partial charge < -0.3 is 9.84 Å². The van der Waals surface area contributed by atoms with E-state index in [-0.39, 0.29) is 0 Å². The molecular formula is C20H29NO2. The molecule has 2 aliphatic heterocycles. The van der Waals surface area contributed by atoms with E-state index in [1.54, 1.807) is 5.56 Å². The fraction of sp³-hybridized carbons (Fsp3) is 0.700. The van der Waals surface area contributed by atoms with Crippen LogP contribution in [0.25, 0.3) is 0 Å². The van der Waals surface area contributed by atoms with E-state index < -0.39 is 0 Å². The summed E-state index contributed by atoms with van der Waals surface area (Å²) >= 11 is 0. The van der Waals surface area contributed by atoms with Crippen molar-refractivity contribution in [2.45, 2.75) is 70.5 Å². The van der Waals surface area contributed by atoms with Gasteiger partial charge in [-0.15, -0.1) is 0 Å². The molecule has 3 aliphatic rings. The van der Waals surface area contributed by atoms with Crippen LogP contribution in [-0.4, -0.2) is 35.3 Å². The Morgan fingerprint density at radius 1 is 1.13 bits per heavy atom. The van der Waals surface area contributed by atoms with Gasteiger partial charge in [-0.25, -0.2) is 0 Å². The molecule has 0 aromatic heterocycles. The van der Waals surface area contributed by atoms with Gasteiger partial charge in [0.2, 0.25) is 0 Å². The van der Waals surface area contributed by atoms with Gasteiger partial charge in [0.1, 0.15) is 5.75 Å². The van der Waals surface area contributed by atoms with E-state index in [0.717, 1.165) is 18.9 Å². The third-order valence-corrected chi connectivity index (χ3v) is 6.17. The van der Waals surface area contributed by atoms with Crippen molar-refractivity contribution in [1.29, 1.82) is 0 Å². The van der Waals surface area contributed by atoms with Crippen LogP contribution in [0.15, 0.2) is 12.1 Å². The number of hydrogen-bond donors (Lipinski definition) is 1. The van der Waals surface area contributed by atoms with Crippen LogP contribution >= 0.6 is 0 Å². The Morgan fingerprint density at radius 2 is 1.83 bits per heavy atom. The predicted octanol–water partition coefficient (Wildman–Crippen LogP) is 3.31. The van der Waals surface area contributed by atoms with Crippen molar-refractivity contribution in [3.63, 3.8) is 0 Å². The fourth-order valence-electron chi connectivity index (χ4n) is 5.06. The van der Waals surface area contributed by atoms with E-state index in [1.165, 1.54) is 56.1 Å². The number of rotatable bonds is 5. The van der Waals surface area contributed by atoms with Gasteiger partial charge in [0.15, 0.2) is 0 Å². The predicted molar refractivity (Wildman–Crippen MR) is 91.8 cm³/mol. The maximum Gasteiger partial charge on any atom is 0.124 e. The number of aryl methyl sites for hydroxylation is 2. The molecule has 0 spiro atoms. The third kappa shape index (κ3) is 2.89. The average Bonchev–Trinajstić information content (AvgIpc) is 3.09. The number of piperidine rings is 1. The first-order valence-corrected chi connectivity index (χ1v) is 9.42. The van der Waals surface area contributed by atoms with Gasteiger partial charge in [-0.3, -0.25) is 4.90 Å². The number of nitrogens with zero attached hydrogens (tertiary/aromatic N) is 1. The number of benzene rings is 1. The Bertz CT molecular complexity index is 557. The van der Waals surface area contributed by atoms with Crippen LogP contribution < -0.4 is 4.74 Å². The van der Waals surface area contributed by atoms with Crippen molar-refractivity contribution < 1.29 is 9.84 Å². The van der Waals surface area contributed by atoms with Gasteiger partial charge in [-0.1, -0.05) is 6.07 Å². The van der Waals surface area contributed by atoms with Crippen LogP contribution in [0.3, 0.4) is 0 Å². The minimum absolute atomic E-state index is 0.365. The lowest BCUT2D eigenvalue weighted by atomic mass is 9.91. The van der Waals surface area contributed by atoms with Gasteiger partial charge in [0.05, 0.1) is 6.61 Å². The molecule has 126 valence electrons. The summed E-state index contributed by atoms with van der Waals surface area (Å²) < 4.78 is 5.97. The van der Waals surface area contributed by atoms with Crippen molar-refractivity contribution in [2.24, 2.45) is 5.92 Å². The summed E-state index contributed by atoms with van der Waals surface area (Å²) in [6.45, 7) is 4.21. The lowest BCUT2D eigenvalue weighted by molar-refractivity contribution is 0.0676. The van der Waals surface area contributed by atoms with Crippen LogP contribution in [0.2, 0.25) is 0 Å². The summed E-state index contributed by atoms with van der Waals surface area (Å²) in [4.78, 5) is 2.70. The standard InChI is InChI=1S/C20H29NO2/c1-2-23-20-11-16-5-3-4-15(16)10-17(20)12-21-18-6-7-19(21)9-14(8-18)13-22/h10-11,14,18-19,22H,2-9,12-13H2,1H3/t14?,18-,19+. The van der Waals surface area contributed by atoms with E-state index in [2.05, 4.69) is 24.0 Å². The normalized spacial score (nSPS) is 29.7. The molecule has 1 aliphatic carbocycles. The SMILES string of the molecule is CCOc1cc2c(cc1CN1[C@@H]3CC[C@H]1CC(CO)C3)CCC2. The Balaban J connectivity index is 1.57. The summed E-state index contributed by atoms with van der Waals surface area (Å²) in [7, 11) is 0. The molecular weight excluding hydrogens is 286 g/mol. The highest BCUT2D eigenvalue weighted by molar-refractivity contribution is 5.45. The molecule has 4 rings (SSSR count). The molecule has 1 unspecified atom stereocenters. The van der Waals surface area contributed by atoms with E-state index in [0.29, 0.717) is 24.6 Å². The first kappa shape index (κ1) is 15.5. The molecule has 0 saturated carbocycles. The molecule has 1 N–H and O–H groups in total. The lowest BCUT2D eigenvalue weighted by Crippen LogP contribution is -2.43. The second kappa shape index (κ2) is 6.45. The number of aliphatic hydroxyl groups excluding tert-OH is 1. The smallest absolute Gasteiger partial charge is 0.124 e. The van der Waals surface area contributed by atoms with Crippen LogP contribution in [0.4, 0.5) is 0 Å². The zero-order valence-corrected chi connectivity index (χ0v) is 14.3. The molecule has 0 radical (unpaired) electrons. The maximum absolute atomic E-state index is 9.51. The molecule has 2 bridgehead atoms. The summed E-state index contributed by atoms with van der Waals surface area (Å²) in [5.74, 6) is 1.63. The molecule has 2 heterocycles. The Hall–Kier alpha value is -1.06. The van der Waals surface area contributed by atoms with Gasteiger partial charge >= 0.3 is 0 Å². The highest BCUT2D eigenvalue weighted by atomic mass is 16.5. The van der Waals surface area contributed by atoms with Gasteiger partial charge in [0, 0.05) is 30.8 Å². The van der Waals surface area contributed by atoms with E-state index in [4.69, 9.17) is 4.74 Å². The topological polar surface area (TPSA) is 32.7 Å². The highest BCUT2D eigenvalue weighted by Gasteiger charge is 2.40. The summed E-state index contributed by atoms with van der Waals surface area (Å²) in [6, 6.07) is 6.05. The van der Waals surface area contributed by atoms with E-state index >= 15 is 0 Å². The van der Waals surface area contributed by atoms with Gasteiger partial charge in [0.25, 0.3) is 0 Å². The molecule has 3 nitrogen and oxygen atoms in total. The van der Waals surface area contributed by atoms with Crippen molar-refractivity contribution in [3.8, 4) is 5.75 Å². The van der Waals surface area contributed by atoms with Gasteiger partial charge in [-0.05, 0) is 75.0 Å². The minimum atomic E-state index is 0.365. The van der Waals surface area contributed by atoms with Crippen LogP contribution in [0.1, 0.15) is 55.7 Å². The zero-order valence-electron chi connectivity index (χ0n) is 14.3. The first-order valence-electron chi connectivity index (χ1n) is 9.42. The zero-order chi connectivity index (χ0) is 15.8. The highest BCUT2D eigenvalue weighted by Crippen LogP contribution is 2.41. The Morgan fingerprint density at radius 3 is 2.48 bits per heavy atom. The second-order valence-corrected chi connectivity index (χ2v) is 7.59. The maximum atomic E-state index is 9.51. The number of ether oxygens (including phenoxy) is 1. The molecule has 2 saturated heterocycles. The molecule has 0 amide bonds. The minimum Gasteiger partial charge on any atom is -0.494 e. The van der Waals surface area contributed by atoms with Crippen LogP contribution in [-0.2, 0) is 19.4 Å². The summed E-state index contributed by atoms with van der Waals surface area (Å²) in [6.07, 6.45) is 8.67. The fourth-order valence-corrected chi connectivity index (χ4v) is 5.06. The van der Waals surface area contributed by atoms with Crippen molar-refractivity contribution in [3.05, 3.63) is 28.8 Å². The van der Waals surface area contributed by atoms with Crippen molar-refractivity contribution in [1.82, 2.24) is 4.90 Å². The molecule has 2 fully saturated rings. The number of hydrogen-bond acceptors (Lipinski definition) is 3. The number of fused-ring (bicyclic) bond motifs is 3. The largest absolute Gasteiger partial charge is 0.494 e. The molecule has 23 heavy (non-hydrogen) atoms. The molecule has 3 heteroatoms. The molecule has 3 atom stereocenters. The van der Waals surface area contributed by atoms with Crippen molar-refractivity contribution >= 4 is 0 Å². The lowest BCUT2D eigenvalue weighted by Gasteiger charge is -2.38. The Labute approximate surface area is 139 Å². The van der Waals surface area contributed by atoms with E-state index in [1.807, 2.05) is 0 Å². The second-order valence-electron chi connectivity index (χ2n) is 7.59. The summed E-state index contributed by atoms with van der Waals surface area (Å²) in [5.41, 5.74) is 4.42. The summed E-state index contributed by atoms with van der Waals surface area (Å²) in [5, 5.41) is 9.51. The molecule has 1 aromatic rings. The van der Waals surface area contributed by atoms with Crippen molar-refractivity contribution in [2.75, 3.05) is 13.2 Å². The quantitative estimate of drug-likeness (QED) is 0.905. The molecule has 1 aromatic carbocycles.